The topological polar surface area (TPSA) is 55.4 Å². The van der Waals surface area contributed by atoms with Crippen molar-refractivity contribution in [1.29, 1.82) is 0 Å². The number of benzene rings is 2. The van der Waals surface area contributed by atoms with E-state index in [-0.39, 0.29) is 18.2 Å². The van der Waals surface area contributed by atoms with E-state index >= 15 is 0 Å². The molecule has 0 fully saturated rings. The predicted molar refractivity (Wildman–Crippen MR) is 112 cm³/mol. The number of dihydropyridines is 1. The number of nitrogens with one attached hydrogen (secondary N) is 1. The molecule has 5 heteroatoms. The number of carbonyl (C=O) groups is 2. The Balaban J connectivity index is 1.63. The van der Waals surface area contributed by atoms with Crippen molar-refractivity contribution in [3.8, 4) is 0 Å². The second kappa shape index (κ2) is 8.66. The molecule has 1 atom stereocenters. The van der Waals surface area contributed by atoms with Crippen LogP contribution in [0.1, 0.15) is 43.2 Å². The summed E-state index contributed by atoms with van der Waals surface area (Å²) in [5.41, 5.74) is 4.37. The van der Waals surface area contributed by atoms with Crippen LogP contribution in [-0.2, 0) is 20.7 Å². The Hall–Kier alpha value is -3.21. The largest absolute Gasteiger partial charge is 0.462 e. The Morgan fingerprint density at radius 1 is 1.10 bits per heavy atom. The van der Waals surface area contributed by atoms with Gasteiger partial charge in [0.15, 0.2) is 5.78 Å². The summed E-state index contributed by atoms with van der Waals surface area (Å²) >= 11 is 0. The van der Waals surface area contributed by atoms with E-state index in [4.69, 9.17) is 4.74 Å². The Labute approximate surface area is 175 Å². The van der Waals surface area contributed by atoms with E-state index < -0.39 is 11.9 Å². The van der Waals surface area contributed by atoms with Crippen molar-refractivity contribution < 1.29 is 18.7 Å². The van der Waals surface area contributed by atoms with Gasteiger partial charge in [-0.25, -0.2) is 9.18 Å². The third-order valence-electron chi connectivity index (χ3n) is 5.67. The first-order valence-electron chi connectivity index (χ1n) is 10.2. The van der Waals surface area contributed by atoms with Crippen LogP contribution in [0.15, 0.2) is 77.1 Å². The molecule has 1 N–H and O–H groups in total. The molecule has 0 amide bonds. The molecule has 1 heterocycles. The van der Waals surface area contributed by atoms with Crippen molar-refractivity contribution in [2.24, 2.45) is 0 Å². The summed E-state index contributed by atoms with van der Waals surface area (Å²) < 4.78 is 19.1. The van der Waals surface area contributed by atoms with Gasteiger partial charge in [0, 0.05) is 35.7 Å². The molecular weight excluding hydrogens is 381 g/mol. The fourth-order valence-electron chi connectivity index (χ4n) is 4.23. The van der Waals surface area contributed by atoms with E-state index in [0.717, 1.165) is 29.7 Å². The fourth-order valence-corrected chi connectivity index (χ4v) is 4.23. The summed E-state index contributed by atoms with van der Waals surface area (Å²) in [5.74, 6) is -1.32. The van der Waals surface area contributed by atoms with Gasteiger partial charge < -0.3 is 10.1 Å². The molecule has 0 saturated carbocycles. The van der Waals surface area contributed by atoms with Gasteiger partial charge in [0.1, 0.15) is 5.82 Å². The number of Topliss-reactive ketones (excluding diaryl/α,β-unsaturated/α-hetero) is 1. The molecule has 0 radical (unpaired) electrons. The molecule has 1 aliphatic heterocycles. The molecule has 154 valence electrons. The lowest BCUT2D eigenvalue weighted by Gasteiger charge is -2.34. The monoisotopic (exact) mass is 405 g/mol. The van der Waals surface area contributed by atoms with Gasteiger partial charge in [0.2, 0.25) is 0 Å². The van der Waals surface area contributed by atoms with Crippen LogP contribution >= 0.6 is 0 Å². The highest BCUT2D eigenvalue weighted by Crippen LogP contribution is 2.42. The van der Waals surface area contributed by atoms with Crippen LogP contribution in [0.4, 0.5) is 4.39 Å². The third kappa shape index (κ3) is 4.06. The fraction of sp³-hybridized carbons (Fsp3) is 0.280. The van der Waals surface area contributed by atoms with Crippen molar-refractivity contribution >= 4 is 11.8 Å². The number of hydrogen-bond acceptors (Lipinski definition) is 4. The van der Waals surface area contributed by atoms with Gasteiger partial charge in [0.05, 0.1) is 12.2 Å². The first-order chi connectivity index (χ1) is 14.5. The van der Waals surface area contributed by atoms with E-state index in [1.54, 1.807) is 12.1 Å². The van der Waals surface area contributed by atoms with Gasteiger partial charge in [-0.1, -0.05) is 42.5 Å². The molecule has 4 rings (SSSR count). The van der Waals surface area contributed by atoms with E-state index in [0.29, 0.717) is 29.7 Å². The van der Waals surface area contributed by atoms with Gasteiger partial charge in [-0.05, 0) is 43.0 Å². The van der Waals surface area contributed by atoms with E-state index in [1.165, 1.54) is 12.1 Å². The maximum absolute atomic E-state index is 13.5. The quantitative estimate of drug-likeness (QED) is 0.740. The Morgan fingerprint density at radius 3 is 2.57 bits per heavy atom. The van der Waals surface area contributed by atoms with Gasteiger partial charge in [-0.3, -0.25) is 4.79 Å². The first-order valence-corrected chi connectivity index (χ1v) is 10.2. The van der Waals surface area contributed by atoms with E-state index in [1.807, 2.05) is 37.3 Å². The molecule has 30 heavy (non-hydrogen) atoms. The third-order valence-corrected chi connectivity index (χ3v) is 5.67. The SMILES string of the molecule is CC1=C(C(=O)OCCc2ccccc2)[C@@H](c2ccc(F)cc2)C2=C(CCCC2=O)N1. The Bertz CT molecular complexity index is 1020. The minimum Gasteiger partial charge on any atom is -0.462 e. The van der Waals surface area contributed by atoms with Crippen LogP contribution in [0.25, 0.3) is 0 Å². The van der Waals surface area contributed by atoms with Crippen LogP contribution < -0.4 is 5.32 Å². The maximum atomic E-state index is 13.5. The summed E-state index contributed by atoms with van der Waals surface area (Å²) in [6.45, 7) is 2.07. The summed E-state index contributed by atoms with van der Waals surface area (Å²) in [5, 5.41) is 3.26. The minimum absolute atomic E-state index is 0.0279. The standard InChI is InChI=1S/C25H24FNO3/c1-16-22(25(29)30-15-14-17-6-3-2-4-7-17)23(18-10-12-19(26)13-11-18)24-20(27-16)8-5-9-21(24)28/h2-4,6-7,10-13,23,27H,5,8-9,14-15H2,1H3/t23-/m1/s1. The summed E-state index contributed by atoms with van der Waals surface area (Å²) in [6.07, 6.45) is 2.60. The maximum Gasteiger partial charge on any atom is 0.336 e. The number of carbonyl (C=O) groups excluding carboxylic acids is 2. The molecule has 0 bridgehead atoms. The van der Waals surface area contributed by atoms with Crippen molar-refractivity contribution in [3.05, 3.63) is 94.1 Å². The number of hydrogen-bond donors (Lipinski definition) is 1. The second-order valence-corrected chi connectivity index (χ2v) is 7.69. The lowest BCUT2D eigenvalue weighted by molar-refractivity contribution is -0.139. The molecule has 2 aliphatic rings. The molecule has 0 unspecified atom stereocenters. The number of esters is 1. The van der Waals surface area contributed by atoms with Crippen molar-refractivity contribution in [2.75, 3.05) is 6.61 Å². The van der Waals surface area contributed by atoms with Gasteiger partial charge in [-0.15, -0.1) is 0 Å². The molecule has 0 spiro atoms. The van der Waals surface area contributed by atoms with Crippen LogP contribution in [0.2, 0.25) is 0 Å². The molecular formula is C25H24FNO3. The van der Waals surface area contributed by atoms with Crippen LogP contribution in [0.5, 0.6) is 0 Å². The summed E-state index contributed by atoms with van der Waals surface area (Å²) in [4.78, 5) is 25.9. The van der Waals surface area contributed by atoms with Crippen molar-refractivity contribution in [2.45, 2.75) is 38.5 Å². The highest BCUT2D eigenvalue weighted by atomic mass is 19.1. The molecule has 4 nitrogen and oxygen atoms in total. The Morgan fingerprint density at radius 2 is 1.83 bits per heavy atom. The lowest BCUT2D eigenvalue weighted by Crippen LogP contribution is -2.34. The smallest absolute Gasteiger partial charge is 0.336 e. The first kappa shape index (κ1) is 20.1. The minimum atomic E-state index is -0.543. The zero-order valence-corrected chi connectivity index (χ0v) is 16.9. The van der Waals surface area contributed by atoms with Crippen molar-refractivity contribution in [3.63, 3.8) is 0 Å². The van der Waals surface area contributed by atoms with Crippen molar-refractivity contribution in [1.82, 2.24) is 5.32 Å². The number of halogens is 1. The van der Waals surface area contributed by atoms with Crippen LogP contribution in [-0.4, -0.2) is 18.4 Å². The molecule has 2 aromatic rings. The van der Waals surface area contributed by atoms with Gasteiger partial charge in [0.25, 0.3) is 0 Å². The number of ether oxygens (including phenoxy) is 1. The lowest BCUT2D eigenvalue weighted by atomic mass is 9.75. The normalized spacial score (nSPS) is 18.7. The average molecular weight is 405 g/mol. The second-order valence-electron chi connectivity index (χ2n) is 7.69. The van der Waals surface area contributed by atoms with Crippen LogP contribution in [0, 0.1) is 5.82 Å². The Kier molecular flexibility index (Phi) is 5.79. The summed E-state index contributed by atoms with van der Waals surface area (Å²) in [7, 11) is 0. The van der Waals surface area contributed by atoms with E-state index in [2.05, 4.69) is 5.32 Å². The predicted octanol–water partition coefficient (Wildman–Crippen LogP) is 4.58. The van der Waals surface area contributed by atoms with Crippen LogP contribution in [0.3, 0.4) is 0 Å². The number of ketones is 1. The van der Waals surface area contributed by atoms with E-state index in [9.17, 15) is 14.0 Å². The molecule has 0 saturated heterocycles. The van der Waals surface area contributed by atoms with Gasteiger partial charge >= 0.3 is 5.97 Å². The number of rotatable bonds is 5. The molecule has 2 aromatic carbocycles. The average Bonchev–Trinajstić information content (AvgIpc) is 2.74. The zero-order valence-electron chi connectivity index (χ0n) is 16.9. The molecule has 1 aliphatic carbocycles. The highest BCUT2D eigenvalue weighted by Gasteiger charge is 2.39. The van der Waals surface area contributed by atoms with Gasteiger partial charge in [-0.2, -0.15) is 0 Å². The number of allylic oxidation sites excluding steroid dienone is 3. The zero-order chi connectivity index (χ0) is 21.1. The molecule has 0 aromatic heterocycles. The highest BCUT2D eigenvalue weighted by molar-refractivity contribution is 6.03. The summed E-state index contributed by atoms with van der Waals surface area (Å²) in [6, 6.07) is 15.8.